The summed E-state index contributed by atoms with van der Waals surface area (Å²) in [5.41, 5.74) is 18.1. The van der Waals surface area contributed by atoms with Gasteiger partial charge in [-0.05, 0) is 105 Å². The molecule has 0 radical (unpaired) electrons. The van der Waals surface area contributed by atoms with Gasteiger partial charge in [0.15, 0.2) is 0 Å². The number of carboxylic acids is 1. The predicted octanol–water partition coefficient (Wildman–Crippen LogP) is -1.03. The largest absolute Gasteiger partial charge is 0.508 e. The van der Waals surface area contributed by atoms with Gasteiger partial charge in [-0.15, -0.1) is 0 Å². The van der Waals surface area contributed by atoms with E-state index in [2.05, 4.69) is 44.5 Å². The second kappa shape index (κ2) is 27.7. The lowest BCUT2D eigenvalue weighted by molar-refractivity contribution is -0.142. The van der Waals surface area contributed by atoms with Crippen LogP contribution < -0.4 is 49.1 Å². The second-order valence-corrected chi connectivity index (χ2v) is 15.7. The SMILES string of the molecule is NCCCC[C@H](NC(=O)[C@H](CCCCN)NC(=O)[C@H](Cc1ccc(O)cc1)NC(=O)[C@H](Cc1ccc(O)cc1)NC(=O)[C@H](Cc1ccc(O)cc1)NC(=O)[C@H](CS)NC(=O)CN)C(=O)O. The Labute approximate surface area is 382 Å². The van der Waals surface area contributed by atoms with Crippen LogP contribution in [-0.2, 0) is 52.8 Å². The van der Waals surface area contributed by atoms with E-state index in [0.717, 1.165) is 0 Å². The number of phenols is 3. The van der Waals surface area contributed by atoms with E-state index in [0.29, 0.717) is 48.9 Å². The Balaban J connectivity index is 2.01. The molecule has 0 aliphatic heterocycles. The Kier molecular flexibility index (Phi) is 22.6. The smallest absolute Gasteiger partial charge is 0.326 e. The van der Waals surface area contributed by atoms with Crippen LogP contribution in [0.15, 0.2) is 72.8 Å². The highest BCUT2D eigenvalue weighted by molar-refractivity contribution is 7.80. The third kappa shape index (κ3) is 18.7. The zero-order chi connectivity index (χ0) is 47.9. The van der Waals surface area contributed by atoms with E-state index in [-0.39, 0.29) is 61.7 Å². The standard InChI is InChI=1S/C44H61N9O11S/c45-19-3-1-5-32(39(58)50-33(44(63)64)6-2-4-20-46)49-40(59)34(21-26-7-13-29(54)14-8-26)51-41(60)35(22-27-9-15-30(55)16-10-27)52-42(61)36(23-28-11-17-31(56)18-12-28)53-43(62)37(25-65)48-38(57)24-47/h7-18,32-37,54-56,65H,1-6,19-25,45-47H2,(H,48,57)(H,49,59)(H,50,58)(H,51,60)(H,52,61)(H,53,62)(H,63,64)/t32-,33-,34-,35-,36-,37-/m0/s1. The molecule has 16 N–H and O–H groups in total. The number of benzene rings is 3. The highest BCUT2D eigenvalue weighted by atomic mass is 32.1. The Bertz CT molecular complexity index is 2030. The van der Waals surface area contributed by atoms with Crippen LogP contribution in [-0.4, -0.2) is 123 Å². The van der Waals surface area contributed by atoms with E-state index < -0.39 is 84.2 Å². The van der Waals surface area contributed by atoms with Crippen LogP contribution in [0.4, 0.5) is 0 Å². The number of carboxylic acid groups (broad SMARTS) is 1. The van der Waals surface area contributed by atoms with Gasteiger partial charge in [-0.2, -0.15) is 12.6 Å². The third-order valence-electron chi connectivity index (χ3n) is 10.2. The number of phenolic OH excluding ortho intramolecular Hbond substituents is 3. The molecule has 0 saturated heterocycles. The Morgan fingerprint density at radius 3 is 1.08 bits per heavy atom. The molecule has 0 unspecified atom stereocenters. The summed E-state index contributed by atoms with van der Waals surface area (Å²) in [6.45, 7) is 0.195. The number of aromatic hydroxyl groups is 3. The normalized spacial score (nSPS) is 13.7. The molecule has 0 saturated carbocycles. The molecule has 21 heteroatoms. The first-order valence-electron chi connectivity index (χ1n) is 21.2. The zero-order valence-corrected chi connectivity index (χ0v) is 36.8. The molecular weight excluding hydrogens is 863 g/mol. The van der Waals surface area contributed by atoms with Gasteiger partial charge in [0.05, 0.1) is 6.54 Å². The van der Waals surface area contributed by atoms with Crippen LogP contribution in [0.3, 0.4) is 0 Å². The summed E-state index contributed by atoms with van der Waals surface area (Å²) >= 11 is 4.16. The molecule has 6 amide bonds. The summed E-state index contributed by atoms with van der Waals surface area (Å²) in [7, 11) is 0. The number of unbranched alkanes of at least 4 members (excludes halogenated alkanes) is 2. The first kappa shape index (κ1) is 52.9. The van der Waals surface area contributed by atoms with Gasteiger partial charge in [0.1, 0.15) is 53.5 Å². The van der Waals surface area contributed by atoms with Crippen LogP contribution >= 0.6 is 12.6 Å². The van der Waals surface area contributed by atoms with Crippen molar-refractivity contribution in [2.24, 2.45) is 17.2 Å². The minimum atomic E-state index is -1.45. The van der Waals surface area contributed by atoms with Crippen molar-refractivity contribution in [2.45, 2.75) is 94.0 Å². The Morgan fingerprint density at radius 2 is 0.754 bits per heavy atom. The fourth-order valence-electron chi connectivity index (χ4n) is 6.55. The summed E-state index contributed by atoms with van der Waals surface area (Å²) in [5.74, 6) is -6.41. The molecule has 0 spiro atoms. The summed E-state index contributed by atoms with van der Waals surface area (Å²) in [4.78, 5) is 94.3. The average molecular weight is 924 g/mol. The Morgan fingerprint density at radius 1 is 0.446 bits per heavy atom. The molecule has 0 bridgehead atoms. The fraction of sp³-hybridized carbons (Fsp3) is 0.432. The monoisotopic (exact) mass is 923 g/mol. The maximum Gasteiger partial charge on any atom is 0.326 e. The summed E-state index contributed by atoms with van der Waals surface area (Å²) < 4.78 is 0. The number of thiol groups is 1. The lowest BCUT2D eigenvalue weighted by atomic mass is 10.00. The molecule has 65 heavy (non-hydrogen) atoms. The van der Waals surface area contributed by atoms with E-state index in [1.165, 1.54) is 72.8 Å². The number of hydrogen-bond donors (Lipinski definition) is 14. The van der Waals surface area contributed by atoms with Crippen molar-refractivity contribution in [3.05, 3.63) is 89.5 Å². The Hall–Kier alpha value is -6.42. The van der Waals surface area contributed by atoms with Crippen LogP contribution in [0.1, 0.15) is 55.2 Å². The van der Waals surface area contributed by atoms with Crippen molar-refractivity contribution in [3.63, 3.8) is 0 Å². The molecule has 3 rings (SSSR count). The van der Waals surface area contributed by atoms with Gasteiger partial charge in [-0.25, -0.2) is 4.79 Å². The lowest BCUT2D eigenvalue weighted by Crippen LogP contribution is -2.60. The first-order chi connectivity index (χ1) is 31.1. The van der Waals surface area contributed by atoms with Gasteiger partial charge in [-0.3, -0.25) is 28.8 Å². The highest BCUT2D eigenvalue weighted by Crippen LogP contribution is 2.16. The van der Waals surface area contributed by atoms with E-state index in [1.807, 2.05) is 0 Å². The molecule has 3 aromatic rings. The maximum atomic E-state index is 14.5. The van der Waals surface area contributed by atoms with Gasteiger partial charge in [0, 0.05) is 25.0 Å². The van der Waals surface area contributed by atoms with Crippen LogP contribution in [0.25, 0.3) is 0 Å². The van der Waals surface area contributed by atoms with Crippen molar-refractivity contribution in [3.8, 4) is 17.2 Å². The number of carbonyl (C=O) groups excluding carboxylic acids is 6. The van der Waals surface area contributed by atoms with Crippen LogP contribution in [0.2, 0.25) is 0 Å². The number of nitrogens with one attached hydrogen (secondary N) is 6. The fourth-order valence-corrected chi connectivity index (χ4v) is 6.81. The average Bonchev–Trinajstić information content (AvgIpc) is 3.28. The van der Waals surface area contributed by atoms with Crippen LogP contribution in [0, 0.1) is 0 Å². The molecule has 0 fully saturated rings. The summed E-state index contributed by atoms with van der Waals surface area (Å²) in [6.07, 6.45) is 1.46. The van der Waals surface area contributed by atoms with Gasteiger partial charge < -0.3 is 69.5 Å². The minimum absolute atomic E-state index is 0.0553. The molecular formula is C44H61N9O11S. The molecule has 354 valence electrons. The number of carbonyl (C=O) groups is 7. The molecule has 0 aromatic heterocycles. The molecule has 6 atom stereocenters. The molecule has 0 aliphatic carbocycles. The lowest BCUT2D eigenvalue weighted by Gasteiger charge is -2.28. The van der Waals surface area contributed by atoms with Crippen molar-refractivity contribution in [1.82, 2.24) is 31.9 Å². The van der Waals surface area contributed by atoms with Crippen molar-refractivity contribution in [2.75, 3.05) is 25.4 Å². The minimum Gasteiger partial charge on any atom is -0.508 e. The number of aliphatic carboxylic acids is 1. The molecule has 0 heterocycles. The van der Waals surface area contributed by atoms with E-state index in [4.69, 9.17) is 17.2 Å². The number of nitrogens with two attached hydrogens (primary N) is 3. The van der Waals surface area contributed by atoms with Crippen molar-refractivity contribution < 1.29 is 54.0 Å². The topological polar surface area (TPSA) is 351 Å². The first-order valence-corrected chi connectivity index (χ1v) is 21.8. The maximum absolute atomic E-state index is 14.5. The quantitative estimate of drug-likeness (QED) is 0.0306. The predicted molar refractivity (Wildman–Crippen MR) is 243 cm³/mol. The van der Waals surface area contributed by atoms with E-state index >= 15 is 0 Å². The second-order valence-electron chi connectivity index (χ2n) is 15.3. The molecule has 0 aliphatic rings. The highest BCUT2D eigenvalue weighted by Gasteiger charge is 2.34. The zero-order valence-electron chi connectivity index (χ0n) is 35.9. The number of rotatable bonds is 28. The number of hydrogen-bond acceptors (Lipinski definition) is 14. The number of amides is 6. The summed E-state index contributed by atoms with van der Waals surface area (Å²) in [6, 6.07) is 9.39. The third-order valence-corrected chi connectivity index (χ3v) is 10.6. The van der Waals surface area contributed by atoms with Crippen molar-refractivity contribution >= 4 is 54.0 Å². The van der Waals surface area contributed by atoms with E-state index in [9.17, 15) is 54.0 Å². The molecule has 20 nitrogen and oxygen atoms in total. The van der Waals surface area contributed by atoms with Gasteiger partial charge >= 0.3 is 5.97 Å². The van der Waals surface area contributed by atoms with Gasteiger partial charge in [0.25, 0.3) is 0 Å². The van der Waals surface area contributed by atoms with Crippen LogP contribution in [0.5, 0.6) is 17.2 Å². The van der Waals surface area contributed by atoms with Crippen molar-refractivity contribution in [1.29, 1.82) is 0 Å². The van der Waals surface area contributed by atoms with Gasteiger partial charge in [-0.1, -0.05) is 36.4 Å². The van der Waals surface area contributed by atoms with E-state index in [1.54, 1.807) is 0 Å². The summed E-state index contributed by atoms with van der Waals surface area (Å²) in [5, 5.41) is 55.2. The van der Waals surface area contributed by atoms with Gasteiger partial charge in [0.2, 0.25) is 35.4 Å². The molecule has 3 aromatic carbocycles.